The van der Waals surface area contributed by atoms with Crippen LogP contribution in [0.15, 0.2) is 77.6 Å². The lowest BCUT2D eigenvalue weighted by molar-refractivity contribution is -0.604. The number of hydrogen-bond donors (Lipinski definition) is 0. The molecule has 0 aliphatic carbocycles. The Bertz CT molecular complexity index is 1730. The van der Waals surface area contributed by atoms with E-state index in [1.165, 1.54) is 18.6 Å². The van der Waals surface area contributed by atoms with E-state index in [0.29, 0.717) is 27.3 Å². The first kappa shape index (κ1) is 23.6. The summed E-state index contributed by atoms with van der Waals surface area (Å²) in [6.07, 6.45) is 5.82. The Morgan fingerprint density at radius 2 is 1.64 bits per heavy atom. The van der Waals surface area contributed by atoms with Crippen LogP contribution in [-0.4, -0.2) is 29.9 Å². The van der Waals surface area contributed by atoms with Gasteiger partial charge >= 0.3 is 0 Å². The van der Waals surface area contributed by atoms with Crippen molar-refractivity contribution in [3.63, 3.8) is 0 Å². The molecule has 0 aliphatic rings. The second-order valence-electron chi connectivity index (χ2n) is 9.26. The summed E-state index contributed by atoms with van der Waals surface area (Å²) in [5.41, 5.74) is 5.07. The molecular weight excluding hydrogens is 476 g/mol. The summed E-state index contributed by atoms with van der Waals surface area (Å²) >= 11 is 0. The highest BCUT2D eigenvalue weighted by Gasteiger charge is 2.33. The summed E-state index contributed by atoms with van der Waals surface area (Å²) in [7, 11) is -3.39. The van der Waals surface area contributed by atoms with Gasteiger partial charge in [0.1, 0.15) is 5.56 Å². The number of fused-ring (bicyclic) bond motifs is 1. The fraction of sp³-hybridized carbons (Fsp3) is 0.185. The number of benzene rings is 2. The van der Waals surface area contributed by atoms with Crippen LogP contribution in [0.25, 0.3) is 44.6 Å². The van der Waals surface area contributed by atoms with E-state index < -0.39 is 14.6 Å². The summed E-state index contributed by atoms with van der Waals surface area (Å²) in [5.74, 6) is 0.673. The Hall–Kier alpha value is -4.11. The van der Waals surface area contributed by atoms with E-state index in [1.54, 1.807) is 27.0 Å². The van der Waals surface area contributed by atoms with Gasteiger partial charge in [-0.1, -0.05) is 24.3 Å². The molecule has 182 valence electrons. The van der Waals surface area contributed by atoms with Crippen molar-refractivity contribution < 1.29 is 17.6 Å². The number of hydrogen-bond acceptors (Lipinski definition) is 7. The van der Waals surface area contributed by atoms with Gasteiger partial charge in [0.25, 0.3) is 5.89 Å². The third-order valence-corrected chi connectivity index (χ3v) is 8.54. The highest BCUT2D eigenvalue weighted by Crippen LogP contribution is 2.37. The topological polar surface area (TPSA) is 113 Å². The standard InChI is InChI=1S/C27H24N4O4S/c1-17-29-30-26(35-17)22-12-21(15-31(32)16-22)18-7-5-8-19(11-18)24-14-23(27(2,3)36(4,33)34)13-20-9-6-10-28-25(20)24/h5-16H,1-4H3. The van der Waals surface area contributed by atoms with Crippen LogP contribution in [0.1, 0.15) is 25.3 Å². The molecule has 3 heterocycles. The van der Waals surface area contributed by atoms with Gasteiger partial charge in [-0.3, -0.25) is 4.98 Å². The predicted molar refractivity (Wildman–Crippen MR) is 137 cm³/mol. The van der Waals surface area contributed by atoms with Crippen LogP contribution in [0.3, 0.4) is 0 Å². The van der Waals surface area contributed by atoms with Crippen LogP contribution >= 0.6 is 0 Å². The van der Waals surface area contributed by atoms with Crippen molar-refractivity contribution in [2.75, 3.05) is 6.26 Å². The number of aryl methyl sites for hydroxylation is 1. The molecule has 0 saturated carbocycles. The Morgan fingerprint density at radius 3 is 2.36 bits per heavy atom. The molecule has 0 unspecified atom stereocenters. The second-order valence-corrected chi connectivity index (χ2v) is 11.8. The minimum atomic E-state index is -3.39. The van der Waals surface area contributed by atoms with E-state index in [0.717, 1.165) is 27.6 Å². The Balaban J connectivity index is 1.68. The van der Waals surface area contributed by atoms with Gasteiger partial charge in [-0.05, 0) is 60.9 Å². The minimum absolute atomic E-state index is 0.265. The monoisotopic (exact) mass is 500 g/mol. The van der Waals surface area contributed by atoms with Crippen LogP contribution in [0, 0.1) is 12.1 Å². The molecule has 5 aromatic rings. The number of sulfone groups is 1. The predicted octanol–water partition coefficient (Wildman–Crippen LogP) is 4.84. The van der Waals surface area contributed by atoms with Crippen molar-refractivity contribution in [2.45, 2.75) is 25.5 Å². The molecule has 36 heavy (non-hydrogen) atoms. The van der Waals surface area contributed by atoms with Crippen LogP contribution in [0.4, 0.5) is 0 Å². The fourth-order valence-corrected chi connectivity index (χ4v) is 4.63. The van der Waals surface area contributed by atoms with Gasteiger partial charge in [0.05, 0.1) is 10.3 Å². The normalized spacial score (nSPS) is 12.2. The van der Waals surface area contributed by atoms with E-state index in [2.05, 4.69) is 15.2 Å². The molecule has 9 heteroatoms. The Morgan fingerprint density at radius 1 is 0.917 bits per heavy atom. The molecule has 2 aromatic carbocycles. The lowest BCUT2D eigenvalue weighted by Crippen LogP contribution is -2.28. The third kappa shape index (κ3) is 4.22. The zero-order valence-electron chi connectivity index (χ0n) is 20.3. The first-order valence-electron chi connectivity index (χ1n) is 11.3. The molecule has 0 aliphatic heterocycles. The van der Waals surface area contributed by atoms with Crippen LogP contribution in [0.5, 0.6) is 0 Å². The van der Waals surface area contributed by atoms with E-state index >= 15 is 0 Å². The summed E-state index contributed by atoms with van der Waals surface area (Å²) < 4.78 is 30.3. The third-order valence-electron chi connectivity index (χ3n) is 6.45. The molecule has 0 N–H and O–H groups in total. The number of aromatic nitrogens is 4. The van der Waals surface area contributed by atoms with Gasteiger partial charge in [-0.15, -0.1) is 10.2 Å². The molecule has 8 nitrogen and oxygen atoms in total. The molecule has 0 fully saturated rings. The van der Waals surface area contributed by atoms with Gasteiger partial charge in [-0.2, -0.15) is 4.73 Å². The summed E-state index contributed by atoms with van der Waals surface area (Å²) in [5, 5.41) is 21.1. The lowest BCUT2D eigenvalue weighted by atomic mass is 9.92. The molecule has 0 bridgehead atoms. The van der Waals surface area contributed by atoms with Crippen LogP contribution < -0.4 is 4.73 Å². The SMILES string of the molecule is Cc1nnc(-c2cc(-c3cccc(-c4cc(C(C)(C)S(C)(=O)=O)cc5cccnc45)c3)c[n+]([O-])c2)o1. The van der Waals surface area contributed by atoms with Gasteiger partial charge in [0, 0.05) is 35.9 Å². The zero-order chi connectivity index (χ0) is 25.7. The van der Waals surface area contributed by atoms with Crippen molar-refractivity contribution in [1.82, 2.24) is 15.2 Å². The van der Waals surface area contributed by atoms with Gasteiger partial charge in [0.15, 0.2) is 22.2 Å². The molecule has 0 atom stereocenters. The highest BCUT2D eigenvalue weighted by atomic mass is 32.2. The van der Waals surface area contributed by atoms with Gasteiger partial charge in [0.2, 0.25) is 5.89 Å². The Kier molecular flexibility index (Phi) is 5.60. The molecular formula is C27H24N4O4S. The second kappa shape index (κ2) is 8.53. The maximum Gasteiger partial charge on any atom is 0.253 e. The smallest absolute Gasteiger partial charge is 0.253 e. The van der Waals surface area contributed by atoms with Crippen LogP contribution in [-0.2, 0) is 14.6 Å². The maximum atomic E-state index is 12.6. The summed E-state index contributed by atoms with van der Waals surface area (Å²) in [6.45, 7) is 5.10. The average molecular weight is 501 g/mol. The van der Waals surface area contributed by atoms with Crippen molar-refractivity contribution in [2.24, 2.45) is 0 Å². The van der Waals surface area contributed by atoms with Crippen molar-refractivity contribution in [3.8, 4) is 33.7 Å². The largest absolute Gasteiger partial charge is 0.619 e. The van der Waals surface area contributed by atoms with E-state index in [1.807, 2.05) is 54.6 Å². The molecule has 0 amide bonds. The van der Waals surface area contributed by atoms with Gasteiger partial charge in [-0.25, -0.2) is 8.42 Å². The molecule has 5 rings (SSSR count). The zero-order valence-corrected chi connectivity index (χ0v) is 21.1. The molecule has 0 radical (unpaired) electrons. The quantitative estimate of drug-likeness (QED) is 0.251. The molecule has 3 aromatic heterocycles. The lowest BCUT2D eigenvalue weighted by Gasteiger charge is -2.24. The maximum absolute atomic E-state index is 12.6. The summed E-state index contributed by atoms with van der Waals surface area (Å²) in [4.78, 5) is 4.58. The first-order valence-corrected chi connectivity index (χ1v) is 13.2. The molecule has 0 saturated heterocycles. The van der Waals surface area contributed by atoms with Crippen molar-refractivity contribution in [3.05, 3.63) is 89.8 Å². The van der Waals surface area contributed by atoms with Gasteiger partial charge < -0.3 is 9.62 Å². The molecule has 0 spiro atoms. The Labute approximate surface area is 208 Å². The average Bonchev–Trinajstić information content (AvgIpc) is 3.28. The minimum Gasteiger partial charge on any atom is -0.619 e. The van der Waals surface area contributed by atoms with E-state index in [4.69, 9.17) is 4.42 Å². The van der Waals surface area contributed by atoms with Crippen molar-refractivity contribution >= 4 is 20.7 Å². The number of nitrogens with zero attached hydrogens (tertiary/aromatic N) is 4. The van der Waals surface area contributed by atoms with Crippen molar-refractivity contribution in [1.29, 1.82) is 0 Å². The van der Waals surface area contributed by atoms with E-state index in [9.17, 15) is 13.6 Å². The number of pyridine rings is 2. The highest BCUT2D eigenvalue weighted by molar-refractivity contribution is 7.91. The first-order chi connectivity index (χ1) is 17.0. The van der Waals surface area contributed by atoms with Crippen LogP contribution in [0.2, 0.25) is 0 Å². The number of rotatable bonds is 5. The summed E-state index contributed by atoms with van der Waals surface area (Å²) in [6, 6.07) is 17.0. The fourth-order valence-electron chi connectivity index (χ4n) is 4.08. The van der Waals surface area contributed by atoms with E-state index in [-0.39, 0.29) is 5.89 Å².